The summed E-state index contributed by atoms with van der Waals surface area (Å²) in [6, 6.07) is 12.7. The fourth-order valence-electron chi connectivity index (χ4n) is 2.21. The molecule has 6 nitrogen and oxygen atoms in total. The lowest BCUT2D eigenvalue weighted by Crippen LogP contribution is -2.07. The van der Waals surface area contributed by atoms with Crippen molar-refractivity contribution in [1.29, 1.82) is 5.26 Å². The van der Waals surface area contributed by atoms with Gasteiger partial charge in [0.1, 0.15) is 25.1 Å². The Labute approximate surface area is 143 Å². The third-order valence-electron chi connectivity index (χ3n) is 3.54. The fourth-order valence-corrected chi connectivity index (χ4v) is 2.21. The Balaban J connectivity index is 1.60. The van der Waals surface area contributed by atoms with Crippen LogP contribution < -0.4 is 0 Å². The highest BCUT2D eigenvalue weighted by molar-refractivity contribution is 5.89. The molecule has 1 heterocycles. The van der Waals surface area contributed by atoms with Gasteiger partial charge >= 0.3 is 5.97 Å². The minimum absolute atomic E-state index is 0.197. The summed E-state index contributed by atoms with van der Waals surface area (Å²) in [4.78, 5) is 15.9. The number of halogens is 1. The van der Waals surface area contributed by atoms with Gasteiger partial charge in [0.05, 0.1) is 23.7 Å². The van der Waals surface area contributed by atoms with E-state index in [1.54, 1.807) is 35.3 Å². The van der Waals surface area contributed by atoms with Gasteiger partial charge in [-0.2, -0.15) is 10.4 Å². The van der Waals surface area contributed by atoms with Gasteiger partial charge < -0.3 is 4.74 Å². The Hall–Kier alpha value is -3.53. The topological polar surface area (TPSA) is 80.8 Å². The molecule has 0 N–H and O–H groups in total. The molecule has 0 aliphatic carbocycles. The highest BCUT2D eigenvalue weighted by Crippen LogP contribution is 2.13. The number of ether oxygens (including phenoxy) is 1. The van der Waals surface area contributed by atoms with Crippen molar-refractivity contribution in [2.45, 2.75) is 13.2 Å². The van der Waals surface area contributed by atoms with E-state index in [2.05, 4.69) is 10.1 Å². The summed E-state index contributed by atoms with van der Waals surface area (Å²) in [6.45, 7) is 0.350. The van der Waals surface area contributed by atoms with Crippen LogP contribution >= 0.6 is 0 Å². The van der Waals surface area contributed by atoms with Crippen molar-refractivity contribution in [3.8, 4) is 6.07 Å². The molecular weight excluding hydrogens is 323 g/mol. The summed E-state index contributed by atoms with van der Waals surface area (Å²) in [6.07, 6.45) is 3.06. The smallest absolute Gasteiger partial charge is 0.338 e. The maximum atomic E-state index is 13.8. The van der Waals surface area contributed by atoms with Gasteiger partial charge in [0.15, 0.2) is 0 Å². The van der Waals surface area contributed by atoms with Gasteiger partial charge in [-0.15, -0.1) is 0 Å². The van der Waals surface area contributed by atoms with E-state index < -0.39 is 11.8 Å². The zero-order valence-electron chi connectivity index (χ0n) is 13.1. The number of aromatic nitrogens is 3. The van der Waals surface area contributed by atoms with Crippen LogP contribution in [0.5, 0.6) is 0 Å². The van der Waals surface area contributed by atoms with Crippen molar-refractivity contribution < 1.29 is 13.9 Å². The van der Waals surface area contributed by atoms with Crippen molar-refractivity contribution in [3.63, 3.8) is 0 Å². The number of nitrogens with zero attached hydrogens (tertiary/aromatic N) is 4. The number of esters is 1. The van der Waals surface area contributed by atoms with Gasteiger partial charge in [0.25, 0.3) is 0 Å². The van der Waals surface area contributed by atoms with Crippen LogP contribution in [0.1, 0.15) is 27.0 Å². The minimum Gasteiger partial charge on any atom is -0.457 e. The highest BCUT2D eigenvalue weighted by atomic mass is 19.1. The van der Waals surface area contributed by atoms with Gasteiger partial charge in [0, 0.05) is 5.56 Å². The monoisotopic (exact) mass is 336 g/mol. The molecule has 0 spiro atoms. The molecule has 0 radical (unpaired) electrons. The van der Waals surface area contributed by atoms with Crippen molar-refractivity contribution in [1.82, 2.24) is 14.8 Å². The first-order valence-corrected chi connectivity index (χ1v) is 7.43. The molecule has 3 aromatic rings. The molecule has 25 heavy (non-hydrogen) atoms. The first-order chi connectivity index (χ1) is 12.2. The van der Waals surface area contributed by atoms with Crippen molar-refractivity contribution in [3.05, 3.63) is 83.2 Å². The molecule has 2 aromatic carbocycles. The zero-order chi connectivity index (χ0) is 17.6. The van der Waals surface area contributed by atoms with Crippen LogP contribution in [0.25, 0.3) is 0 Å². The Morgan fingerprint density at radius 2 is 2.04 bits per heavy atom. The summed E-state index contributed by atoms with van der Waals surface area (Å²) in [5, 5.41) is 12.7. The van der Waals surface area contributed by atoms with Crippen molar-refractivity contribution in [2.75, 3.05) is 0 Å². The molecule has 0 saturated heterocycles. The number of carbonyl (C=O) groups is 1. The molecule has 0 bridgehead atoms. The molecule has 1 aromatic heterocycles. The predicted octanol–water partition coefficient (Wildman–Crippen LogP) is 2.69. The van der Waals surface area contributed by atoms with Gasteiger partial charge in [-0.1, -0.05) is 18.2 Å². The maximum Gasteiger partial charge on any atom is 0.338 e. The largest absolute Gasteiger partial charge is 0.457 e. The Bertz CT molecular complexity index is 915. The average Bonchev–Trinajstić information content (AvgIpc) is 3.14. The third-order valence-corrected chi connectivity index (χ3v) is 3.54. The summed E-state index contributed by atoms with van der Waals surface area (Å²) >= 11 is 0. The number of rotatable bonds is 5. The molecule has 7 heteroatoms. The first kappa shape index (κ1) is 16.3. The number of hydrogen-bond donors (Lipinski definition) is 0. The highest BCUT2D eigenvalue weighted by Gasteiger charge is 2.10. The molecule has 0 unspecified atom stereocenters. The van der Waals surface area contributed by atoms with Crippen LogP contribution in [-0.2, 0) is 17.9 Å². The summed E-state index contributed by atoms with van der Waals surface area (Å²) in [5.74, 6) is -1.12. The molecule has 124 valence electrons. The Morgan fingerprint density at radius 3 is 2.68 bits per heavy atom. The van der Waals surface area contributed by atoms with Crippen LogP contribution in [0, 0.1) is 17.1 Å². The second-order valence-corrected chi connectivity index (χ2v) is 5.28. The molecule has 0 fully saturated rings. The third kappa shape index (κ3) is 4.06. The fraction of sp³-hybridized carbons (Fsp3) is 0.111. The van der Waals surface area contributed by atoms with Crippen LogP contribution in [0.2, 0.25) is 0 Å². The normalized spacial score (nSPS) is 10.2. The SMILES string of the molecule is N#Cc1ccc(COC(=O)c2ccc(Cn3cncn3)cc2)c(F)c1. The zero-order valence-corrected chi connectivity index (χ0v) is 13.1. The second kappa shape index (κ2) is 7.36. The number of benzene rings is 2. The van der Waals surface area contributed by atoms with Gasteiger partial charge in [-0.05, 0) is 29.8 Å². The quantitative estimate of drug-likeness (QED) is 0.669. The molecule has 0 saturated carbocycles. The van der Waals surface area contributed by atoms with Gasteiger partial charge in [-0.25, -0.2) is 18.9 Å². The van der Waals surface area contributed by atoms with Crippen LogP contribution in [0.15, 0.2) is 55.1 Å². The molecule has 3 rings (SSSR count). The lowest BCUT2D eigenvalue weighted by Gasteiger charge is -2.07. The number of hydrogen-bond acceptors (Lipinski definition) is 5. The predicted molar refractivity (Wildman–Crippen MR) is 85.8 cm³/mol. The summed E-state index contributed by atoms with van der Waals surface area (Å²) in [5.41, 5.74) is 1.77. The molecule has 0 aliphatic rings. The molecule has 0 amide bonds. The second-order valence-electron chi connectivity index (χ2n) is 5.28. The van der Waals surface area contributed by atoms with Crippen molar-refractivity contribution in [2.24, 2.45) is 0 Å². The lowest BCUT2D eigenvalue weighted by molar-refractivity contribution is 0.0469. The summed E-state index contributed by atoms with van der Waals surface area (Å²) < 4.78 is 20.6. The van der Waals surface area contributed by atoms with Crippen LogP contribution in [-0.4, -0.2) is 20.7 Å². The van der Waals surface area contributed by atoms with E-state index >= 15 is 0 Å². The van der Waals surface area contributed by atoms with Crippen LogP contribution in [0.4, 0.5) is 4.39 Å². The average molecular weight is 336 g/mol. The maximum absolute atomic E-state index is 13.8. The first-order valence-electron chi connectivity index (χ1n) is 7.43. The minimum atomic E-state index is -0.574. The van der Waals surface area contributed by atoms with Crippen molar-refractivity contribution >= 4 is 5.97 Å². The van der Waals surface area contributed by atoms with E-state index in [1.807, 2.05) is 6.07 Å². The Kier molecular flexibility index (Phi) is 4.81. The molecule has 0 aliphatic heterocycles. The van der Waals surface area contributed by atoms with E-state index in [9.17, 15) is 9.18 Å². The van der Waals surface area contributed by atoms with E-state index in [-0.39, 0.29) is 17.7 Å². The van der Waals surface area contributed by atoms with E-state index in [4.69, 9.17) is 10.00 Å². The Morgan fingerprint density at radius 1 is 1.24 bits per heavy atom. The van der Waals surface area contributed by atoms with E-state index in [0.29, 0.717) is 12.1 Å². The van der Waals surface area contributed by atoms with Crippen LogP contribution in [0.3, 0.4) is 0 Å². The number of nitriles is 1. The van der Waals surface area contributed by atoms with E-state index in [1.165, 1.54) is 18.5 Å². The lowest BCUT2D eigenvalue weighted by atomic mass is 10.1. The number of carbonyl (C=O) groups excluding carboxylic acids is 1. The molecular formula is C18H13FN4O2. The van der Waals surface area contributed by atoms with Gasteiger partial charge in [-0.3, -0.25) is 0 Å². The molecule has 0 atom stereocenters. The van der Waals surface area contributed by atoms with E-state index in [0.717, 1.165) is 11.6 Å². The summed E-state index contributed by atoms with van der Waals surface area (Å²) in [7, 11) is 0. The standard InChI is InChI=1S/C18H13FN4O2/c19-17-7-14(8-20)3-6-16(17)10-25-18(24)15-4-1-13(2-5-15)9-23-12-21-11-22-23/h1-7,11-12H,9-10H2. The van der Waals surface area contributed by atoms with Gasteiger partial charge in [0.2, 0.25) is 0 Å².